The number of rotatable bonds is 2. The fourth-order valence-corrected chi connectivity index (χ4v) is 3.23. The zero-order valence-corrected chi connectivity index (χ0v) is 11.7. The molecule has 0 aliphatic carbocycles. The summed E-state index contributed by atoms with van der Waals surface area (Å²) >= 11 is 1.47. The molecule has 0 saturated carbocycles. The number of anilines is 1. The van der Waals surface area contributed by atoms with Crippen LogP contribution < -0.4 is 11.1 Å². The molecular formula is C13H17N5S. The van der Waals surface area contributed by atoms with Gasteiger partial charge in [-0.2, -0.15) is 0 Å². The number of thiazole rings is 1. The molecule has 6 heteroatoms. The molecule has 3 N–H and O–H groups in total. The maximum atomic E-state index is 5.75. The van der Waals surface area contributed by atoms with Crippen molar-refractivity contribution in [2.45, 2.75) is 25.7 Å². The second-order valence-electron chi connectivity index (χ2n) is 4.84. The molecule has 0 aromatic carbocycles. The zero-order valence-electron chi connectivity index (χ0n) is 10.9. The van der Waals surface area contributed by atoms with Crippen LogP contribution in [-0.4, -0.2) is 28.0 Å². The first-order valence-corrected chi connectivity index (χ1v) is 7.31. The standard InChI is InChI=1S/C13H17N5S/c1-8-12(19-13(14)17-8)11-7-16-6-10(18-11)9-3-2-4-15-5-9/h6-7,9,15H,2-5H2,1H3,(H2,14,17)/t9-/m1/s1. The molecule has 1 saturated heterocycles. The van der Waals surface area contributed by atoms with Crippen molar-refractivity contribution in [3.63, 3.8) is 0 Å². The molecule has 0 spiro atoms. The van der Waals surface area contributed by atoms with Crippen molar-refractivity contribution in [3.05, 3.63) is 23.8 Å². The third-order valence-electron chi connectivity index (χ3n) is 3.41. The minimum Gasteiger partial charge on any atom is -0.375 e. The Kier molecular flexibility index (Phi) is 3.44. The quantitative estimate of drug-likeness (QED) is 0.876. The first kappa shape index (κ1) is 12.5. The third kappa shape index (κ3) is 2.59. The lowest BCUT2D eigenvalue weighted by atomic mass is 9.96. The molecule has 0 amide bonds. The van der Waals surface area contributed by atoms with Crippen LogP contribution in [0.2, 0.25) is 0 Å². The molecule has 2 aromatic heterocycles. The van der Waals surface area contributed by atoms with E-state index in [9.17, 15) is 0 Å². The van der Waals surface area contributed by atoms with Gasteiger partial charge < -0.3 is 11.1 Å². The van der Waals surface area contributed by atoms with E-state index in [-0.39, 0.29) is 0 Å². The Morgan fingerprint density at radius 2 is 2.26 bits per heavy atom. The normalized spacial score (nSPS) is 19.5. The molecule has 1 aliphatic heterocycles. The topological polar surface area (TPSA) is 76.7 Å². The van der Waals surface area contributed by atoms with E-state index in [4.69, 9.17) is 10.7 Å². The molecule has 0 unspecified atom stereocenters. The Morgan fingerprint density at radius 3 is 2.95 bits per heavy atom. The fourth-order valence-electron chi connectivity index (χ4n) is 2.45. The highest BCUT2D eigenvalue weighted by molar-refractivity contribution is 7.18. The predicted octanol–water partition coefficient (Wildman–Crippen LogP) is 1.96. The average molecular weight is 275 g/mol. The second-order valence-corrected chi connectivity index (χ2v) is 5.87. The van der Waals surface area contributed by atoms with E-state index in [1.165, 1.54) is 24.2 Å². The van der Waals surface area contributed by atoms with Gasteiger partial charge in [0, 0.05) is 18.7 Å². The van der Waals surface area contributed by atoms with Gasteiger partial charge in [-0.25, -0.2) is 9.97 Å². The van der Waals surface area contributed by atoms with Gasteiger partial charge >= 0.3 is 0 Å². The van der Waals surface area contributed by atoms with E-state index in [1.807, 2.05) is 13.1 Å². The summed E-state index contributed by atoms with van der Waals surface area (Å²) in [6, 6.07) is 0. The van der Waals surface area contributed by atoms with E-state index in [2.05, 4.69) is 15.3 Å². The van der Waals surface area contributed by atoms with Crippen LogP contribution in [0.4, 0.5) is 5.13 Å². The number of nitrogen functional groups attached to an aromatic ring is 1. The van der Waals surface area contributed by atoms with Gasteiger partial charge in [-0.05, 0) is 26.3 Å². The average Bonchev–Trinajstić information content (AvgIpc) is 2.79. The number of nitrogens with one attached hydrogen (secondary N) is 1. The van der Waals surface area contributed by atoms with E-state index >= 15 is 0 Å². The Morgan fingerprint density at radius 1 is 1.37 bits per heavy atom. The number of aromatic nitrogens is 3. The molecule has 3 rings (SSSR count). The van der Waals surface area contributed by atoms with Gasteiger partial charge in [0.05, 0.1) is 22.5 Å². The fraction of sp³-hybridized carbons (Fsp3) is 0.462. The number of hydrogen-bond acceptors (Lipinski definition) is 6. The number of nitrogens with two attached hydrogens (primary N) is 1. The van der Waals surface area contributed by atoms with Crippen LogP contribution in [0.25, 0.3) is 10.6 Å². The van der Waals surface area contributed by atoms with E-state index in [0.717, 1.165) is 35.0 Å². The van der Waals surface area contributed by atoms with Crippen LogP contribution in [-0.2, 0) is 0 Å². The summed E-state index contributed by atoms with van der Waals surface area (Å²) in [6.07, 6.45) is 6.04. The maximum absolute atomic E-state index is 5.75. The van der Waals surface area contributed by atoms with Crippen molar-refractivity contribution in [1.29, 1.82) is 0 Å². The lowest BCUT2D eigenvalue weighted by molar-refractivity contribution is 0.454. The van der Waals surface area contributed by atoms with Crippen LogP contribution in [0.1, 0.15) is 30.1 Å². The highest BCUT2D eigenvalue weighted by Crippen LogP contribution is 2.30. The molecule has 1 aliphatic rings. The van der Waals surface area contributed by atoms with Gasteiger partial charge in [0.25, 0.3) is 0 Å². The second kappa shape index (κ2) is 5.22. The van der Waals surface area contributed by atoms with Gasteiger partial charge in [0.15, 0.2) is 5.13 Å². The van der Waals surface area contributed by atoms with Crippen molar-refractivity contribution in [2.75, 3.05) is 18.8 Å². The maximum Gasteiger partial charge on any atom is 0.180 e. The predicted molar refractivity (Wildman–Crippen MR) is 77.1 cm³/mol. The lowest BCUT2D eigenvalue weighted by Gasteiger charge is -2.22. The molecule has 0 radical (unpaired) electrons. The Balaban J connectivity index is 1.93. The number of aryl methyl sites for hydroxylation is 1. The van der Waals surface area contributed by atoms with Gasteiger partial charge in [0.1, 0.15) is 5.69 Å². The Bertz CT molecular complexity index is 574. The summed E-state index contributed by atoms with van der Waals surface area (Å²) in [4.78, 5) is 14.4. The van der Waals surface area contributed by atoms with Crippen LogP contribution in [0.5, 0.6) is 0 Å². The third-order valence-corrected chi connectivity index (χ3v) is 4.42. The summed E-state index contributed by atoms with van der Waals surface area (Å²) in [5, 5.41) is 3.99. The van der Waals surface area contributed by atoms with Crippen molar-refractivity contribution in [1.82, 2.24) is 20.3 Å². The van der Waals surface area contributed by atoms with Gasteiger partial charge in [-0.1, -0.05) is 11.3 Å². The van der Waals surface area contributed by atoms with Crippen molar-refractivity contribution >= 4 is 16.5 Å². The zero-order chi connectivity index (χ0) is 13.2. The molecule has 3 heterocycles. The Hall–Kier alpha value is -1.53. The van der Waals surface area contributed by atoms with Crippen molar-refractivity contribution < 1.29 is 0 Å². The van der Waals surface area contributed by atoms with Gasteiger partial charge in [0.2, 0.25) is 0 Å². The highest BCUT2D eigenvalue weighted by Gasteiger charge is 2.18. The smallest absolute Gasteiger partial charge is 0.180 e. The van der Waals surface area contributed by atoms with Crippen molar-refractivity contribution in [3.8, 4) is 10.6 Å². The molecule has 5 nitrogen and oxygen atoms in total. The molecule has 100 valence electrons. The molecule has 2 aromatic rings. The van der Waals surface area contributed by atoms with Crippen LogP contribution in [0, 0.1) is 6.92 Å². The minimum atomic E-state index is 0.465. The Labute approximate surface area is 116 Å². The number of piperidine rings is 1. The monoisotopic (exact) mass is 275 g/mol. The van der Waals surface area contributed by atoms with E-state index in [0.29, 0.717) is 11.0 Å². The first-order valence-electron chi connectivity index (χ1n) is 6.50. The van der Waals surface area contributed by atoms with Crippen LogP contribution in [0.15, 0.2) is 12.4 Å². The van der Waals surface area contributed by atoms with Crippen LogP contribution in [0.3, 0.4) is 0 Å². The summed E-state index contributed by atoms with van der Waals surface area (Å²) < 4.78 is 0. The highest BCUT2D eigenvalue weighted by atomic mass is 32.1. The molecular weight excluding hydrogens is 258 g/mol. The van der Waals surface area contributed by atoms with Gasteiger partial charge in [-0.15, -0.1) is 0 Å². The molecule has 19 heavy (non-hydrogen) atoms. The number of hydrogen-bond donors (Lipinski definition) is 2. The van der Waals surface area contributed by atoms with Gasteiger partial charge in [-0.3, -0.25) is 4.98 Å². The lowest BCUT2D eigenvalue weighted by Crippen LogP contribution is -2.28. The molecule has 1 atom stereocenters. The summed E-state index contributed by atoms with van der Waals surface area (Å²) in [5.41, 5.74) is 8.62. The molecule has 1 fully saturated rings. The first-order chi connectivity index (χ1) is 9.24. The summed E-state index contributed by atoms with van der Waals surface area (Å²) in [7, 11) is 0. The largest absolute Gasteiger partial charge is 0.375 e. The van der Waals surface area contributed by atoms with E-state index in [1.54, 1.807) is 6.20 Å². The SMILES string of the molecule is Cc1nc(N)sc1-c1cncc([C@@H]2CCCNC2)n1. The van der Waals surface area contributed by atoms with Crippen molar-refractivity contribution in [2.24, 2.45) is 0 Å². The summed E-state index contributed by atoms with van der Waals surface area (Å²) in [5.74, 6) is 0.465. The summed E-state index contributed by atoms with van der Waals surface area (Å²) in [6.45, 7) is 4.05. The minimum absolute atomic E-state index is 0.465. The molecule has 0 bridgehead atoms. The van der Waals surface area contributed by atoms with Crippen LogP contribution >= 0.6 is 11.3 Å². The number of nitrogens with zero attached hydrogens (tertiary/aromatic N) is 3. The van der Waals surface area contributed by atoms with E-state index < -0.39 is 0 Å².